The van der Waals surface area contributed by atoms with Crippen LogP contribution in [-0.4, -0.2) is 42.2 Å². The van der Waals surface area contributed by atoms with Gasteiger partial charge in [-0.05, 0) is 43.5 Å². The molecular formula is C18H22F3N5O2. The molecule has 0 bridgehead atoms. The van der Waals surface area contributed by atoms with Crippen LogP contribution in [0.1, 0.15) is 17.7 Å². The van der Waals surface area contributed by atoms with Crippen LogP contribution in [0.3, 0.4) is 0 Å². The fraction of sp³-hybridized carbons (Fsp3) is 0.444. The SMILES string of the molecule is Cc1[nH]ncc1CNC(=O)NC[C@H]1CCN(c2ccc(OC(F)(F)F)cc2)C1. The Labute approximate surface area is 160 Å². The van der Waals surface area contributed by atoms with Crippen LogP contribution in [0.25, 0.3) is 0 Å². The van der Waals surface area contributed by atoms with Crippen LogP contribution < -0.4 is 20.3 Å². The van der Waals surface area contributed by atoms with E-state index in [2.05, 4.69) is 30.5 Å². The maximum Gasteiger partial charge on any atom is 0.573 e. The predicted octanol–water partition coefficient (Wildman–Crippen LogP) is 2.94. The average Bonchev–Trinajstić information content (AvgIpc) is 3.26. The first-order valence-electron chi connectivity index (χ1n) is 8.91. The number of hydrogen-bond acceptors (Lipinski definition) is 4. The summed E-state index contributed by atoms with van der Waals surface area (Å²) in [6.45, 7) is 4.32. The minimum absolute atomic E-state index is 0.238. The van der Waals surface area contributed by atoms with E-state index in [1.54, 1.807) is 18.3 Å². The number of rotatable bonds is 6. The van der Waals surface area contributed by atoms with Gasteiger partial charge in [-0.25, -0.2) is 4.79 Å². The molecule has 1 aliphatic heterocycles. The third-order valence-electron chi connectivity index (χ3n) is 4.65. The standard InChI is InChI=1S/C18H22F3N5O2/c1-12-14(10-24-25-12)9-23-17(27)22-8-13-6-7-26(11-13)15-2-4-16(5-3-15)28-18(19,20)21/h2-5,10,13H,6-9,11H2,1H3,(H,24,25)(H2,22,23,27)/t13-/m1/s1. The lowest BCUT2D eigenvalue weighted by Crippen LogP contribution is -2.38. The van der Waals surface area contributed by atoms with Crippen LogP contribution >= 0.6 is 0 Å². The maximum atomic E-state index is 12.2. The minimum Gasteiger partial charge on any atom is -0.406 e. The Morgan fingerprint density at radius 1 is 1.32 bits per heavy atom. The summed E-state index contributed by atoms with van der Waals surface area (Å²) in [6.07, 6.45) is -2.12. The van der Waals surface area contributed by atoms with Crippen LogP contribution in [0.2, 0.25) is 0 Å². The predicted molar refractivity (Wildman–Crippen MR) is 97.0 cm³/mol. The number of hydrogen-bond donors (Lipinski definition) is 3. The lowest BCUT2D eigenvalue weighted by atomic mass is 10.1. The van der Waals surface area contributed by atoms with Crippen molar-refractivity contribution in [3.63, 3.8) is 0 Å². The van der Waals surface area contributed by atoms with Crippen LogP contribution in [0, 0.1) is 12.8 Å². The smallest absolute Gasteiger partial charge is 0.406 e. The van der Waals surface area contributed by atoms with Crippen molar-refractivity contribution in [2.24, 2.45) is 5.92 Å². The fourth-order valence-corrected chi connectivity index (χ4v) is 3.12. The molecule has 152 valence electrons. The molecule has 3 N–H and O–H groups in total. The third kappa shape index (κ3) is 5.54. The molecule has 1 aromatic heterocycles. The number of halogens is 3. The van der Waals surface area contributed by atoms with E-state index in [0.717, 1.165) is 36.5 Å². The molecule has 3 rings (SSSR count). The molecule has 1 atom stereocenters. The zero-order valence-electron chi connectivity index (χ0n) is 15.3. The van der Waals surface area contributed by atoms with Gasteiger partial charge in [0.1, 0.15) is 5.75 Å². The van der Waals surface area contributed by atoms with Crippen LogP contribution in [-0.2, 0) is 6.54 Å². The van der Waals surface area contributed by atoms with E-state index in [0.29, 0.717) is 13.1 Å². The molecule has 10 heteroatoms. The highest BCUT2D eigenvalue weighted by Crippen LogP contribution is 2.28. The number of nitrogens with zero attached hydrogens (tertiary/aromatic N) is 2. The summed E-state index contributed by atoms with van der Waals surface area (Å²) in [4.78, 5) is 14.0. The summed E-state index contributed by atoms with van der Waals surface area (Å²) in [5.41, 5.74) is 2.68. The number of aromatic amines is 1. The molecule has 2 heterocycles. The van der Waals surface area contributed by atoms with E-state index in [-0.39, 0.29) is 17.7 Å². The molecule has 0 unspecified atom stereocenters. The van der Waals surface area contributed by atoms with E-state index in [4.69, 9.17) is 0 Å². The molecule has 1 saturated heterocycles. The first kappa shape index (κ1) is 19.8. The summed E-state index contributed by atoms with van der Waals surface area (Å²) in [6, 6.07) is 5.58. The quantitative estimate of drug-likeness (QED) is 0.700. The van der Waals surface area contributed by atoms with Gasteiger partial charge < -0.3 is 20.3 Å². The Kier molecular flexibility index (Phi) is 5.96. The number of benzene rings is 1. The monoisotopic (exact) mass is 397 g/mol. The van der Waals surface area contributed by atoms with Crippen molar-refractivity contribution in [3.8, 4) is 5.75 Å². The highest BCUT2D eigenvalue weighted by Gasteiger charge is 2.31. The van der Waals surface area contributed by atoms with E-state index in [1.807, 2.05) is 6.92 Å². The van der Waals surface area contributed by atoms with Crippen molar-refractivity contribution in [2.45, 2.75) is 26.3 Å². The molecule has 0 saturated carbocycles. The Hall–Kier alpha value is -2.91. The Balaban J connectivity index is 1.41. The highest BCUT2D eigenvalue weighted by atomic mass is 19.4. The van der Waals surface area contributed by atoms with Gasteiger partial charge in [0.05, 0.1) is 6.20 Å². The Bertz CT molecular complexity index is 791. The number of H-pyrrole nitrogens is 1. The van der Waals surface area contributed by atoms with Gasteiger partial charge in [-0.1, -0.05) is 0 Å². The number of aromatic nitrogens is 2. The zero-order valence-corrected chi connectivity index (χ0v) is 15.3. The van der Waals surface area contributed by atoms with Gasteiger partial charge in [0.2, 0.25) is 0 Å². The summed E-state index contributed by atoms with van der Waals surface area (Å²) in [5, 5.41) is 12.4. The van der Waals surface area contributed by atoms with Crippen LogP contribution in [0.5, 0.6) is 5.75 Å². The molecule has 28 heavy (non-hydrogen) atoms. The van der Waals surface area contributed by atoms with Crippen molar-refractivity contribution in [3.05, 3.63) is 41.7 Å². The van der Waals surface area contributed by atoms with Crippen molar-refractivity contribution in [2.75, 3.05) is 24.5 Å². The number of aryl methyl sites for hydroxylation is 1. The van der Waals surface area contributed by atoms with Crippen LogP contribution in [0.15, 0.2) is 30.5 Å². The number of nitrogens with one attached hydrogen (secondary N) is 3. The second-order valence-corrected chi connectivity index (χ2v) is 6.73. The molecule has 2 amide bonds. The fourth-order valence-electron chi connectivity index (χ4n) is 3.12. The summed E-state index contributed by atoms with van der Waals surface area (Å²) < 4.78 is 40.5. The topological polar surface area (TPSA) is 82.3 Å². The maximum absolute atomic E-state index is 12.2. The van der Waals surface area contributed by atoms with Gasteiger partial charge in [-0.15, -0.1) is 13.2 Å². The van der Waals surface area contributed by atoms with E-state index in [9.17, 15) is 18.0 Å². The van der Waals surface area contributed by atoms with Gasteiger partial charge in [-0.2, -0.15) is 5.10 Å². The van der Waals surface area contributed by atoms with Crippen LogP contribution in [0.4, 0.5) is 23.7 Å². The lowest BCUT2D eigenvalue weighted by Gasteiger charge is -2.19. The molecule has 1 aromatic carbocycles. The molecule has 0 spiro atoms. The lowest BCUT2D eigenvalue weighted by molar-refractivity contribution is -0.274. The molecule has 0 radical (unpaired) electrons. The first-order valence-corrected chi connectivity index (χ1v) is 8.91. The normalized spacial score (nSPS) is 16.9. The average molecular weight is 397 g/mol. The number of urea groups is 1. The van der Waals surface area contributed by atoms with Crippen molar-refractivity contribution < 1.29 is 22.7 Å². The number of alkyl halides is 3. The van der Waals surface area contributed by atoms with Gasteiger partial charge in [0, 0.05) is 43.1 Å². The largest absolute Gasteiger partial charge is 0.573 e. The second kappa shape index (κ2) is 8.41. The van der Waals surface area contributed by atoms with Gasteiger partial charge in [0.15, 0.2) is 0 Å². The molecule has 2 aromatic rings. The summed E-state index contributed by atoms with van der Waals surface area (Å²) >= 11 is 0. The molecule has 0 aliphatic carbocycles. The number of ether oxygens (including phenoxy) is 1. The van der Waals surface area contributed by atoms with Gasteiger partial charge in [0.25, 0.3) is 0 Å². The third-order valence-corrected chi connectivity index (χ3v) is 4.65. The van der Waals surface area contributed by atoms with Gasteiger partial charge >= 0.3 is 12.4 Å². The summed E-state index contributed by atoms with van der Waals surface area (Å²) in [5.74, 6) is 0.0331. The van der Waals surface area contributed by atoms with E-state index in [1.165, 1.54) is 12.1 Å². The molecule has 1 fully saturated rings. The Morgan fingerprint density at radius 3 is 2.71 bits per heavy atom. The van der Waals surface area contributed by atoms with Gasteiger partial charge in [-0.3, -0.25) is 5.10 Å². The van der Waals surface area contributed by atoms with Crippen molar-refractivity contribution in [1.29, 1.82) is 0 Å². The molecule has 7 nitrogen and oxygen atoms in total. The highest BCUT2D eigenvalue weighted by molar-refractivity contribution is 5.73. The summed E-state index contributed by atoms with van der Waals surface area (Å²) in [7, 11) is 0. The van der Waals surface area contributed by atoms with E-state index >= 15 is 0 Å². The number of amides is 2. The number of carbonyl (C=O) groups is 1. The zero-order chi connectivity index (χ0) is 20.1. The second-order valence-electron chi connectivity index (χ2n) is 6.73. The van der Waals surface area contributed by atoms with E-state index < -0.39 is 6.36 Å². The number of anilines is 1. The first-order chi connectivity index (χ1) is 13.3. The number of carbonyl (C=O) groups excluding carboxylic acids is 1. The Morgan fingerprint density at radius 2 is 2.07 bits per heavy atom. The molecule has 1 aliphatic rings. The molecular weight excluding hydrogens is 375 g/mol. The minimum atomic E-state index is -4.69. The van der Waals surface area contributed by atoms with Crippen molar-refractivity contribution >= 4 is 11.7 Å². The van der Waals surface area contributed by atoms with Crippen molar-refractivity contribution in [1.82, 2.24) is 20.8 Å².